The summed E-state index contributed by atoms with van der Waals surface area (Å²) in [4.78, 5) is 16.8. The van der Waals surface area contributed by atoms with Crippen LogP contribution in [-0.4, -0.2) is 53.6 Å². The van der Waals surface area contributed by atoms with E-state index in [2.05, 4.69) is 29.2 Å². The van der Waals surface area contributed by atoms with Crippen LogP contribution in [0.15, 0.2) is 24.3 Å². The second-order valence-corrected chi connectivity index (χ2v) is 6.89. The summed E-state index contributed by atoms with van der Waals surface area (Å²) < 4.78 is 0. The molecule has 1 aromatic rings. The van der Waals surface area contributed by atoms with Crippen LogP contribution in [0, 0.1) is 0 Å². The maximum absolute atomic E-state index is 12.6. The Hall–Kier alpha value is -1.39. The molecular weight excluding hydrogens is 288 g/mol. The number of fused-ring (bicyclic) bond motifs is 1. The molecule has 1 amide bonds. The van der Waals surface area contributed by atoms with Gasteiger partial charge in [0.05, 0.1) is 6.54 Å². The molecule has 4 nitrogen and oxygen atoms in total. The number of amides is 1. The quantitative estimate of drug-likeness (QED) is 0.840. The second kappa shape index (κ2) is 7.45. The molecule has 3 rings (SSSR count). The van der Waals surface area contributed by atoms with Crippen molar-refractivity contribution in [2.75, 3.05) is 26.7 Å². The number of likely N-dealkylation sites (N-methyl/N-ethyl adjacent to an activating group) is 1. The lowest BCUT2D eigenvalue weighted by atomic mass is 9.86. The maximum atomic E-state index is 12.6. The van der Waals surface area contributed by atoms with Crippen molar-refractivity contribution in [3.63, 3.8) is 0 Å². The molecule has 1 atom stereocenters. The van der Waals surface area contributed by atoms with Gasteiger partial charge in [-0.25, -0.2) is 0 Å². The van der Waals surface area contributed by atoms with E-state index in [1.807, 2.05) is 11.9 Å². The van der Waals surface area contributed by atoms with E-state index in [0.717, 1.165) is 38.6 Å². The zero-order valence-electron chi connectivity index (χ0n) is 14.1. The number of rotatable bonds is 7. The highest BCUT2D eigenvalue weighted by Gasteiger charge is 2.32. The SMILES string of the molecule is CN(C(=O)CN(CCCO)C1CCCc2ccccc21)C1CC1. The molecule has 0 saturated heterocycles. The Labute approximate surface area is 139 Å². The molecular formula is C19H28N2O2. The van der Waals surface area contributed by atoms with Gasteiger partial charge in [-0.05, 0) is 49.7 Å². The first kappa shape index (κ1) is 16.5. The standard InChI is InChI=1S/C19H28N2O2/c1-20(16-10-11-16)19(23)14-21(12-5-13-22)18-9-4-7-15-6-2-3-8-17(15)18/h2-3,6,8,16,18,22H,4-5,7,9-14H2,1H3. The summed E-state index contributed by atoms with van der Waals surface area (Å²) in [6.07, 6.45) is 6.42. The molecule has 0 aliphatic heterocycles. The molecule has 1 fully saturated rings. The molecule has 1 aromatic carbocycles. The molecule has 2 aliphatic carbocycles. The van der Waals surface area contributed by atoms with E-state index < -0.39 is 0 Å². The lowest BCUT2D eigenvalue weighted by Gasteiger charge is -2.36. The van der Waals surface area contributed by atoms with Crippen LogP contribution in [0.25, 0.3) is 0 Å². The van der Waals surface area contributed by atoms with Gasteiger partial charge in [0.25, 0.3) is 0 Å². The van der Waals surface area contributed by atoms with Crippen LogP contribution in [0.5, 0.6) is 0 Å². The molecule has 1 saturated carbocycles. The van der Waals surface area contributed by atoms with E-state index in [1.165, 1.54) is 17.5 Å². The third kappa shape index (κ3) is 3.93. The van der Waals surface area contributed by atoms with Gasteiger partial charge >= 0.3 is 0 Å². The van der Waals surface area contributed by atoms with Gasteiger partial charge in [0, 0.05) is 32.3 Å². The number of carbonyl (C=O) groups is 1. The van der Waals surface area contributed by atoms with Crippen LogP contribution in [0.2, 0.25) is 0 Å². The molecule has 0 aromatic heterocycles. The Morgan fingerprint density at radius 3 is 2.78 bits per heavy atom. The van der Waals surface area contributed by atoms with Crippen LogP contribution in [0.3, 0.4) is 0 Å². The van der Waals surface area contributed by atoms with Gasteiger partial charge in [0.2, 0.25) is 5.91 Å². The van der Waals surface area contributed by atoms with Crippen molar-refractivity contribution in [2.45, 2.75) is 50.6 Å². The molecule has 0 spiro atoms. The normalized spacial score (nSPS) is 20.4. The van der Waals surface area contributed by atoms with E-state index in [0.29, 0.717) is 18.6 Å². The maximum Gasteiger partial charge on any atom is 0.236 e. The summed E-state index contributed by atoms with van der Waals surface area (Å²) >= 11 is 0. The summed E-state index contributed by atoms with van der Waals surface area (Å²) in [6, 6.07) is 9.39. The topological polar surface area (TPSA) is 43.8 Å². The van der Waals surface area contributed by atoms with E-state index in [9.17, 15) is 9.90 Å². The van der Waals surface area contributed by atoms with Crippen molar-refractivity contribution in [3.8, 4) is 0 Å². The number of nitrogens with zero attached hydrogens (tertiary/aromatic N) is 2. The minimum absolute atomic E-state index is 0.178. The van der Waals surface area contributed by atoms with Crippen molar-refractivity contribution >= 4 is 5.91 Å². The first-order chi connectivity index (χ1) is 11.2. The summed E-state index contributed by atoms with van der Waals surface area (Å²) in [5.74, 6) is 0.216. The Morgan fingerprint density at radius 2 is 2.04 bits per heavy atom. The summed E-state index contributed by atoms with van der Waals surface area (Å²) in [5, 5.41) is 9.23. The Kier molecular flexibility index (Phi) is 5.34. The van der Waals surface area contributed by atoms with Crippen LogP contribution in [0.1, 0.15) is 49.3 Å². The Balaban J connectivity index is 1.74. The number of hydrogen-bond acceptors (Lipinski definition) is 3. The van der Waals surface area contributed by atoms with Crippen LogP contribution < -0.4 is 0 Å². The van der Waals surface area contributed by atoms with Gasteiger partial charge in [-0.15, -0.1) is 0 Å². The first-order valence-corrected chi connectivity index (χ1v) is 8.89. The number of hydrogen-bond donors (Lipinski definition) is 1. The highest BCUT2D eigenvalue weighted by molar-refractivity contribution is 5.78. The highest BCUT2D eigenvalue weighted by atomic mass is 16.3. The van der Waals surface area contributed by atoms with E-state index in [-0.39, 0.29) is 12.5 Å². The molecule has 0 heterocycles. The van der Waals surface area contributed by atoms with Crippen LogP contribution in [0.4, 0.5) is 0 Å². The van der Waals surface area contributed by atoms with Crippen molar-refractivity contribution in [2.24, 2.45) is 0 Å². The fourth-order valence-electron chi connectivity index (χ4n) is 3.68. The summed E-state index contributed by atoms with van der Waals surface area (Å²) in [6.45, 7) is 1.42. The van der Waals surface area contributed by atoms with E-state index in [4.69, 9.17) is 0 Å². The largest absolute Gasteiger partial charge is 0.396 e. The molecule has 2 aliphatic rings. The van der Waals surface area contributed by atoms with Crippen LogP contribution >= 0.6 is 0 Å². The number of aryl methyl sites for hydroxylation is 1. The fourth-order valence-corrected chi connectivity index (χ4v) is 3.68. The van der Waals surface area contributed by atoms with Gasteiger partial charge in [-0.1, -0.05) is 24.3 Å². The Bertz CT molecular complexity index is 542. The lowest BCUT2D eigenvalue weighted by molar-refractivity contribution is -0.132. The van der Waals surface area contributed by atoms with E-state index >= 15 is 0 Å². The molecule has 4 heteroatoms. The van der Waals surface area contributed by atoms with Crippen molar-refractivity contribution in [3.05, 3.63) is 35.4 Å². The Morgan fingerprint density at radius 1 is 1.26 bits per heavy atom. The molecule has 1 N–H and O–H groups in total. The molecule has 126 valence electrons. The first-order valence-electron chi connectivity index (χ1n) is 8.89. The number of aliphatic hydroxyl groups excluding tert-OH is 1. The third-order valence-electron chi connectivity index (χ3n) is 5.21. The average molecular weight is 316 g/mol. The molecule has 0 bridgehead atoms. The van der Waals surface area contributed by atoms with Crippen molar-refractivity contribution in [1.82, 2.24) is 9.80 Å². The van der Waals surface area contributed by atoms with Gasteiger partial charge in [-0.2, -0.15) is 0 Å². The van der Waals surface area contributed by atoms with Gasteiger partial charge in [-0.3, -0.25) is 9.69 Å². The predicted octanol–water partition coefficient (Wildman–Crippen LogP) is 2.37. The summed E-state index contributed by atoms with van der Waals surface area (Å²) in [7, 11) is 1.93. The van der Waals surface area contributed by atoms with Gasteiger partial charge in [0.15, 0.2) is 0 Å². The monoisotopic (exact) mass is 316 g/mol. The van der Waals surface area contributed by atoms with Crippen LogP contribution in [-0.2, 0) is 11.2 Å². The van der Waals surface area contributed by atoms with Gasteiger partial charge < -0.3 is 10.0 Å². The minimum Gasteiger partial charge on any atom is -0.396 e. The van der Waals surface area contributed by atoms with Crippen molar-refractivity contribution < 1.29 is 9.90 Å². The zero-order chi connectivity index (χ0) is 16.2. The number of benzene rings is 1. The molecule has 1 unspecified atom stereocenters. The average Bonchev–Trinajstić information content (AvgIpc) is 3.42. The summed E-state index contributed by atoms with van der Waals surface area (Å²) in [5.41, 5.74) is 2.79. The number of carbonyl (C=O) groups excluding carboxylic acids is 1. The second-order valence-electron chi connectivity index (χ2n) is 6.89. The minimum atomic E-state index is 0.178. The lowest BCUT2D eigenvalue weighted by Crippen LogP contribution is -2.42. The van der Waals surface area contributed by atoms with Crippen molar-refractivity contribution in [1.29, 1.82) is 0 Å². The molecule has 23 heavy (non-hydrogen) atoms. The fraction of sp³-hybridized carbons (Fsp3) is 0.632. The smallest absolute Gasteiger partial charge is 0.236 e. The molecule has 0 radical (unpaired) electrons. The highest BCUT2D eigenvalue weighted by Crippen LogP contribution is 2.34. The van der Waals surface area contributed by atoms with Gasteiger partial charge in [0.1, 0.15) is 0 Å². The predicted molar refractivity (Wildman–Crippen MR) is 91.2 cm³/mol. The van der Waals surface area contributed by atoms with E-state index in [1.54, 1.807) is 0 Å². The third-order valence-corrected chi connectivity index (χ3v) is 5.21. The number of aliphatic hydroxyl groups is 1. The zero-order valence-corrected chi connectivity index (χ0v) is 14.1.